The van der Waals surface area contributed by atoms with Crippen molar-refractivity contribution in [1.82, 2.24) is 14.8 Å². The molecule has 0 aliphatic carbocycles. The lowest BCUT2D eigenvalue weighted by Crippen LogP contribution is -3.12. The van der Waals surface area contributed by atoms with Crippen LogP contribution in [-0.4, -0.2) is 44.4 Å². The third kappa shape index (κ3) is 5.98. The number of benzene rings is 2. The molecule has 0 spiro atoms. The zero-order valence-corrected chi connectivity index (χ0v) is 20.6. The van der Waals surface area contributed by atoms with Crippen LogP contribution in [0.3, 0.4) is 0 Å². The fourth-order valence-electron chi connectivity index (χ4n) is 4.17. The number of nitrogens with one attached hydrogen (secondary N) is 2. The first-order chi connectivity index (χ1) is 16.8. The van der Waals surface area contributed by atoms with Gasteiger partial charge in [0.05, 0.1) is 23.8 Å². The number of aromatic nitrogens is 3. The first-order valence-corrected chi connectivity index (χ1v) is 12.6. The summed E-state index contributed by atoms with van der Waals surface area (Å²) in [5, 5.41) is 23.0. The lowest BCUT2D eigenvalue weighted by atomic mass is 10.1. The number of carbonyl (C=O) groups is 1. The van der Waals surface area contributed by atoms with Crippen LogP contribution in [0.5, 0.6) is 0 Å². The van der Waals surface area contributed by atoms with Crippen LogP contribution in [0.1, 0.15) is 38.1 Å². The van der Waals surface area contributed by atoms with Crippen molar-refractivity contribution in [3.05, 3.63) is 69.2 Å². The van der Waals surface area contributed by atoms with Gasteiger partial charge >= 0.3 is 0 Å². The molecule has 0 bridgehead atoms. The minimum atomic E-state index is -0.606. The highest BCUT2D eigenvalue weighted by atomic mass is 35.5. The van der Waals surface area contributed by atoms with Gasteiger partial charge in [-0.15, -0.1) is 10.2 Å². The third-order valence-electron chi connectivity index (χ3n) is 6.00. The van der Waals surface area contributed by atoms with E-state index in [1.807, 2.05) is 4.57 Å². The molecule has 1 saturated heterocycles. The van der Waals surface area contributed by atoms with Crippen molar-refractivity contribution in [2.75, 3.05) is 24.2 Å². The molecule has 1 fully saturated rings. The summed E-state index contributed by atoms with van der Waals surface area (Å²) in [6.45, 7) is 4.21. The van der Waals surface area contributed by atoms with Gasteiger partial charge in [0.15, 0.2) is 11.0 Å². The third-order valence-corrected chi connectivity index (χ3v) is 7.25. The minimum Gasteiger partial charge on any atom is -0.326 e. The number of hydrogen-bond donors (Lipinski definition) is 2. The molecule has 184 valence electrons. The molecule has 0 unspecified atom stereocenters. The van der Waals surface area contributed by atoms with Gasteiger partial charge in [-0.2, -0.15) is 0 Å². The van der Waals surface area contributed by atoms with Crippen LogP contribution in [-0.2, 0) is 4.79 Å². The standard InChI is InChI=1S/C23H24ClFN6O3S/c1-15(29-11-3-2-4-12-29)22-27-28-23(30(22)18-8-5-16(25)6-9-18)35-14-21(32)26-17-7-10-19(24)20(13-17)31(33)34/h5-10,13,15H,2-4,11-12,14H2,1H3,(H,26,32)/p+1/t15-/m1/s1. The minimum absolute atomic E-state index is 0.000699. The van der Waals surface area contributed by atoms with Crippen molar-refractivity contribution < 1.29 is 19.0 Å². The van der Waals surface area contributed by atoms with E-state index in [9.17, 15) is 19.3 Å². The van der Waals surface area contributed by atoms with E-state index in [-0.39, 0.29) is 39.9 Å². The molecule has 1 aliphatic heterocycles. The Kier molecular flexibility index (Phi) is 7.99. The number of piperidine rings is 1. The van der Waals surface area contributed by atoms with Crippen molar-refractivity contribution in [2.24, 2.45) is 0 Å². The number of amides is 1. The molecular weight excluding hydrogens is 495 g/mol. The number of nitrogens with zero attached hydrogens (tertiary/aromatic N) is 4. The van der Waals surface area contributed by atoms with E-state index in [0.29, 0.717) is 10.8 Å². The smallest absolute Gasteiger partial charge is 0.289 e. The Bertz CT molecular complexity index is 1220. The number of carbonyl (C=O) groups excluding carboxylic acids is 1. The van der Waals surface area contributed by atoms with Crippen LogP contribution >= 0.6 is 23.4 Å². The molecule has 1 amide bonds. The van der Waals surface area contributed by atoms with Crippen molar-refractivity contribution >= 4 is 40.6 Å². The van der Waals surface area contributed by atoms with E-state index >= 15 is 0 Å². The lowest BCUT2D eigenvalue weighted by molar-refractivity contribution is -0.935. The van der Waals surface area contributed by atoms with Gasteiger partial charge in [-0.3, -0.25) is 19.5 Å². The Morgan fingerprint density at radius 2 is 1.94 bits per heavy atom. The van der Waals surface area contributed by atoms with Gasteiger partial charge in [0, 0.05) is 17.4 Å². The van der Waals surface area contributed by atoms with E-state index in [0.717, 1.165) is 31.8 Å². The Hall–Kier alpha value is -3.02. The number of nitro groups is 1. The quantitative estimate of drug-likeness (QED) is 0.266. The lowest BCUT2D eigenvalue weighted by Gasteiger charge is -2.29. The van der Waals surface area contributed by atoms with E-state index in [1.165, 1.54) is 53.4 Å². The Morgan fingerprint density at radius 3 is 2.63 bits per heavy atom. The van der Waals surface area contributed by atoms with Gasteiger partial charge in [0.25, 0.3) is 5.69 Å². The van der Waals surface area contributed by atoms with Crippen LogP contribution in [0.15, 0.2) is 47.6 Å². The van der Waals surface area contributed by atoms with E-state index in [1.54, 1.807) is 12.1 Å². The molecule has 4 rings (SSSR count). The number of thioether (sulfide) groups is 1. The molecule has 0 saturated carbocycles. The highest BCUT2D eigenvalue weighted by Gasteiger charge is 2.29. The number of nitro benzene ring substituents is 1. The van der Waals surface area contributed by atoms with Crippen molar-refractivity contribution in [1.29, 1.82) is 0 Å². The maximum absolute atomic E-state index is 13.6. The first-order valence-electron chi connectivity index (χ1n) is 11.3. The van der Waals surface area contributed by atoms with E-state index < -0.39 is 4.92 Å². The zero-order valence-electron chi connectivity index (χ0n) is 19.0. The highest BCUT2D eigenvalue weighted by Crippen LogP contribution is 2.28. The molecule has 1 atom stereocenters. The largest absolute Gasteiger partial charge is 0.326 e. The number of quaternary nitrogens is 1. The number of anilines is 1. The molecular formula is C23H25ClFN6O3S+. The summed E-state index contributed by atoms with van der Waals surface area (Å²) in [6, 6.07) is 10.2. The Balaban J connectivity index is 1.53. The molecule has 0 radical (unpaired) electrons. The van der Waals surface area contributed by atoms with Crippen LogP contribution in [0, 0.1) is 15.9 Å². The topological polar surface area (TPSA) is 107 Å². The van der Waals surface area contributed by atoms with Gasteiger partial charge in [-0.05, 0) is 62.6 Å². The molecule has 2 N–H and O–H groups in total. The van der Waals surface area contributed by atoms with Crippen LogP contribution in [0.25, 0.3) is 5.69 Å². The summed E-state index contributed by atoms with van der Waals surface area (Å²) in [6.07, 6.45) is 3.55. The van der Waals surface area contributed by atoms with Gasteiger partial charge in [0.1, 0.15) is 16.9 Å². The zero-order chi connectivity index (χ0) is 24.9. The summed E-state index contributed by atoms with van der Waals surface area (Å²) in [4.78, 5) is 24.5. The molecule has 9 nitrogen and oxygen atoms in total. The van der Waals surface area contributed by atoms with Crippen molar-refractivity contribution in [3.8, 4) is 5.69 Å². The number of likely N-dealkylation sites (tertiary alicyclic amines) is 1. The molecule has 3 aromatic rings. The van der Waals surface area contributed by atoms with E-state index in [4.69, 9.17) is 11.6 Å². The monoisotopic (exact) mass is 519 g/mol. The predicted octanol–water partition coefficient (Wildman–Crippen LogP) is 3.83. The molecule has 1 aliphatic rings. The number of hydrogen-bond acceptors (Lipinski definition) is 6. The summed E-state index contributed by atoms with van der Waals surface area (Å²) < 4.78 is 15.5. The highest BCUT2D eigenvalue weighted by molar-refractivity contribution is 7.99. The maximum atomic E-state index is 13.6. The normalized spacial score (nSPS) is 15.1. The summed E-state index contributed by atoms with van der Waals surface area (Å²) >= 11 is 7.02. The molecule has 35 heavy (non-hydrogen) atoms. The van der Waals surface area contributed by atoms with Gasteiger partial charge in [-0.25, -0.2) is 4.39 Å². The summed E-state index contributed by atoms with van der Waals surface area (Å²) in [5.41, 5.74) is 0.701. The number of halogens is 2. The molecule has 2 heterocycles. The second-order valence-corrected chi connectivity index (χ2v) is 9.70. The second-order valence-electron chi connectivity index (χ2n) is 8.35. The second kappa shape index (κ2) is 11.1. The van der Waals surface area contributed by atoms with Gasteiger partial charge in [-0.1, -0.05) is 23.4 Å². The number of rotatable bonds is 8. The molecule has 2 aromatic carbocycles. The maximum Gasteiger partial charge on any atom is 0.289 e. The van der Waals surface area contributed by atoms with Crippen molar-refractivity contribution in [3.63, 3.8) is 0 Å². The first kappa shape index (κ1) is 25.1. The fraction of sp³-hybridized carbons (Fsp3) is 0.348. The predicted molar refractivity (Wildman–Crippen MR) is 132 cm³/mol. The average Bonchev–Trinajstić information content (AvgIpc) is 3.28. The fourth-order valence-corrected chi connectivity index (χ4v) is 5.11. The van der Waals surface area contributed by atoms with E-state index in [2.05, 4.69) is 22.4 Å². The molecule has 1 aromatic heterocycles. The summed E-state index contributed by atoms with van der Waals surface area (Å²) in [5.74, 6) is 0.0470. The van der Waals surface area contributed by atoms with Crippen LogP contribution < -0.4 is 10.2 Å². The Morgan fingerprint density at radius 1 is 1.23 bits per heavy atom. The van der Waals surface area contributed by atoms with Gasteiger partial charge < -0.3 is 10.2 Å². The van der Waals surface area contributed by atoms with Crippen LogP contribution in [0.4, 0.5) is 15.8 Å². The van der Waals surface area contributed by atoms with Crippen LogP contribution in [0.2, 0.25) is 5.02 Å². The van der Waals surface area contributed by atoms with Gasteiger partial charge in [0.2, 0.25) is 5.91 Å². The Labute approximate surface area is 210 Å². The SMILES string of the molecule is C[C@H](c1nnc(SCC(=O)Nc2ccc(Cl)c([N+](=O)[O-])c2)n1-c1ccc(F)cc1)[NH+]1CCCCC1. The van der Waals surface area contributed by atoms with Crippen molar-refractivity contribution in [2.45, 2.75) is 37.4 Å². The summed E-state index contributed by atoms with van der Waals surface area (Å²) in [7, 11) is 0. The average molecular weight is 520 g/mol. The molecule has 12 heteroatoms.